The Labute approximate surface area is 134 Å². The molecule has 4 atom stereocenters. The topological polar surface area (TPSA) is 30.2 Å². The maximum absolute atomic E-state index is 12.3. The summed E-state index contributed by atoms with van der Waals surface area (Å²) in [6, 6.07) is 2.06. The molecule has 0 spiro atoms. The molecule has 2 aliphatic carbocycles. The highest BCUT2D eigenvalue weighted by molar-refractivity contribution is 5.92. The lowest BCUT2D eigenvalue weighted by molar-refractivity contribution is -0.130. The van der Waals surface area contributed by atoms with Crippen molar-refractivity contribution in [1.82, 2.24) is 0 Å². The van der Waals surface area contributed by atoms with Crippen LogP contribution in [0, 0.1) is 22.7 Å². The van der Waals surface area contributed by atoms with Gasteiger partial charge in [-0.05, 0) is 73.0 Å². The van der Waals surface area contributed by atoms with Crippen molar-refractivity contribution in [3.05, 3.63) is 35.8 Å². The van der Waals surface area contributed by atoms with Crippen molar-refractivity contribution in [1.29, 1.82) is 0 Å². The van der Waals surface area contributed by atoms with Crippen molar-refractivity contribution in [3.8, 4) is 0 Å². The summed E-state index contributed by atoms with van der Waals surface area (Å²) in [6.07, 6.45) is 10.9. The quantitative estimate of drug-likeness (QED) is 0.769. The van der Waals surface area contributed by atoms with Gasteiger partial charge in [0.2, 0.25) is 0 Å². The van der Waals surface area contributed by atoms with Gasteiger partial charge >= 0.3 is 0 Å². The van der Waals surface area contributed by atoms with Crippen LogP contribution in [0.4, 0.5) is 0 Å². The number of furan rings is 1. The zero-order valence-electron chi connectivity index (χ0n) is 14.3. The highest BCUT2D eigenvalue weighted by Gasteiger charge is 2.56. The number of rotatable bonds is 3. The van der Waals surface area contributed by atoms with Crippen molar-refractivity contribution in [2.45, 2.75) is 59.8 Å². The fraction of sp³-hybridized carbons (Fsp3) is 0.650. The number of allylic oxidation sites excluding steroid dienone is 2. The number of carbonyl (C=O) groups excluding carboxylic acids is 1. The standard InChI is InChI=1S/C20H28O2/c1-14-11-17(21)12-20(4)18(14)6-5-15(2)19(20,3)9-7-16-8-10-22-13-16/h8,10-11,13,15,18H,5-7,9,12H2,1-4H3/t15-,18-,19-,20-/m0/s1. The van der Waals surface area contributed by atoms with Gasteiger partial charge in [0.1, 0.15) is 0 Å². The summed E-state index contributed by atoms with van der Waals surface area (Å²) in [5, 5.41) is 0. The van der Waals surface area contributed by atoms with Crippen molar-refractivity contribution in [2.24, 2.45) is 22.7 Å². The van der Waals surface area contributed by atoms with Crippen LogP contribution in [0.15, 0.2) is 34.7 Å². The molecule has 0 bridgehead atoms. The Kier molecular flexibility index (Phi) is 3.82. The van der Waals surface area contributed by atoms with E-state index in [1.54, 1.807) is 6.26 Å². The average Bonchev–Trinajstić information content (AvgIpc) is 2.95. The molecule has 1 heterocycles. The van der Waals surface area contributed by atoms with Gasteiger partial charge in [-0.15, -0.1) is 0 Å². The molecule has 0 saturated heterocycles. The van der Waals surface area contributed by atoms with Crippen LogP contribution in [0.25, 0.3) is 0 Å². The van der Waals surface area contributed by atoms with E-state index in [-0.39, 0.29) is 10.8 Å². The van der Waals surface area contributed by atoms with E-state index in [4.69, 9.17) is 4.42 Å². The Bertz CT molecular complexity index is 583. The normalized spacial score (nSPS) is 38.5. The summed E-state index contributed by atoms with van der Waals surface area (Å²) in [6.45, 7) is 9.34. The second kappa shape index (κ2) is 5.40. The second-order valence-electron chi connectivity index (χ2n) is 8.03. The summed E-state index contributed by atoms with van der Waals surface area (Å²) in [4.78, 5) is 12.3. The molecule has 1 fully saturated rings. The largest absolute Gasteiger partial charge is 0.472 e. The lowest BCUT2D eigenvalue weighted by Crippen LogP contribution is -2.53. The third-order valence-electron chi connectivity index (χ3n) is 7.04. The van der Waals surface area contributed by atoms with Crippen molar-refractivity contribution in [2.75, 3.05) is 0 Å². The number of aryl methyl sites for hydroxylation is 1. The van der Waals surface area contributed by atoms with Crippen LogP contribution in [0.2, 0.25) is 0 Å². The molecule has 0 N–H and O–H groups in total. The first-order valence-corrected chi connectivity index (χ1v) is 8.59. The SMILES string of the molecule is CC1=CC(=O)C[C@@]2(C)[C@H]1CC[C@H](C)[C@]2(C)CCc1ccoc1. The molecule has 2 heteroatoms. The number of carbonyl (C=O) groups is 1. The molecule has 120 valence electrons. The fourth-order valence-corrected chi connectivity index (χ4v) is 5.21. The van der Waals surface area contributed by atoms with Gasteiger partial charge in [0.25, 0.3) is 0 Å². The van der Waals surface area contributed by atoms with Gasteiger partial charge in [-0.25, -0.2) is 0 Å². The first-order chi connectivity index (χ1) is 10.4. The Balaban J connectivity index is 1.92. The van der Waals surface area contributed by atoms with E-state index in [2.05, 4.69) is 33.8 Å². The molecule has 0 amide bonds. The van der Waals surface area contributed by atoms with Gasteiger partial charge in [0.15, 0.2) is 5.78 Å². The predicted octanol–water partition coefficient (Wildman–Crippen LogP) is 5.19. The van der Waals surface area contributed by atoms with Crippen LogP contribution in [0.3, 0.4) is 0 Å². The highest BCUT2D eigenvalue weighted by atomic mass is 16.3. The minimum Gasteiger partial charge on any atom is -0.472 e. The summed E-state index contributed by atoms with van der Waals surface area (Å²) < 4.78 is 5.22. The van der Waals surface area contributed by atoms with E-state index in [0.717, 1.165) is 12.8 Å². The van der Waals surface area contributed by atoms with Crippen LogP contribution in [-0.2, 0) is 11.2 Å². The first kappa shape index (κ1) is 15.6. The van der Waals surface area contributed by atoms with Crippen LogP contribution in [0.1, 0.15) is 58.9 Å². The Morgan fingerprint density at radius 2 is 2.09 bits per heavy atom. The van der Waals surface area contributed by atoms with Gasteiger partial charge in [-0.3, -0.25) is 4.79 Å². The molecule has 0 aliphatic heterocycles. The van der Waals surface area contributed by atoms with E-state index in [9.17, 15) is 4.79 Å². The van der Waals surface area contributed by atoms with E-state index in [1.165, 1.54) is 24.0 Å². The predicted molar refractivity (Wildman–Crippen MR) is 88.5 cm³/mol. The van der Waals surface area contributed by atoms with Gasteiger partial charge in [0, 0.05) is 6.42 Å². The minimum absolute atomic E-state index is 0.0876. The van der Waals surface area contributed by atoms with E-state index >= 15 is 0 Å². The molecule has 22 heavy (non-hydrogen) atoms. The average molecular weight is 300 g/mol. The molecule has 2 aliphatic rings. The first-order valence-electron chi connectivity index (χ1n) is 8.59. The van der Waals surface area contributed by atoms with Crippen molar-refractivity contribution in [3.63, 3.8) is 0 Å². The minimum atomic E-state index is 0.0876. The lowest BCUT2D eigenvalue weighted by Gasteiger charge is -2.59. The van der Waals surface area contributed by atoms with E-state index in [1.807, 2.05) is 12.3 Å². The van der Waals surface area contributed by atoms with Gasteiger partial charge in [0.05, 0.1) is 12.5 Å². The monoisotopic (exact) mass is 300 g/mol. The molecule has 1 aromatic heterocycles. The molecule has 1 saturated carbocycles. The molecule has 0 unspecified atom stereocenters. The van der Waals surface area contributed by atoms with Crippen LogP contribution in [0.5, 0.6) is 0 Å². The zero-order valence-corrected chi connectivity index (χ0v) is 14.3. The third kappa shape index (κ3) is 2.28. The summed E-state index contributed by atoms with van der Waals surface area (Å²) >= 11 is 0. The maximum atomic E-state index is 12.3. The number of fused-ring (bicyclic) bond motifs is 1. The Morgan fingerprint density at radius 1 is 1.32 bits per heavy atom. The van der Waals surface area contributed by atoms with Gasteiger partial charge < -0.3 is 4.42 Å². The highest BCUT2D eigenvalue weighted by Crippen LogP contribution is 2.63. The molecular formula is C20H28O2. The third-order valence-corrected chi connectivity index (χ3v) is 7.04. The number of hydrogen-bond acceptors (Lipinski definition) is 2. The van der Waals surface area contributed by atoms with Crippen molar-refractivity contribution >= 4 is 5.78 Å². The Morgan fingerprint density at radius 3 is 2.77 bits per heavy atom. The molecule has 1 aromatic rings. The summed E-state index contributed by atoms with van der Waals surface area (Å²) in [5.74, 6) is 1.54. The summed E-state index contributed by atoms with van der Waals surface area (Å²) in [5.41, 5.74) is 2.86. The van der Waals surface area contributed by atoms with E-state index in [0.29, 0.717) is 24.0 Å². The van der Waals surface area contributed by atoms with Gasteiger partial charge in [-0.2, -0.15) is 0 Å². The Hall–Kier alpha value is -1.31. The number of hydrogen-bond donors (Lipinski definition) is 0. The summed E-state index contributed by atoms with van der Waals surface area (Å²) in [7, 11) is 0. The van der Waals surface area contributed by atoms with E-state index < -0.39 is 0 Å². The molecule has 3 rings (SSSR count). The smallest absolute Gasteiger partial charge is 0.156 e. The van der Waals surface area contributed by atoms with Crippen LogP contribution in [-0.4, -0.2) is 5.78 Å². The maximum Gasteiger partial charge on any atom is 0.156 e. The second-order valence-corrected chi connectivity index (χ2v) is 8.03. The molecule has 0 aromatic carbocycles. The van der Waals surface area contributed by atoms with Crippen molar-refractivity contribution < 1.29 is 9.21 Å². The lowest BCUT2D eigenvalue weighted by atomic mass is 9.44. The number of ketones is 1. The molecule has 2 nitrogen and oxygen atoms in total. The van der Waals surface area contributed by atoms with Gasteiger partial charge in [-0.1, -0.05) is 26.3 Å². The van der Waals surface area contributed by atoms with Crippen LogP contribution >= 0.6 is 0 Å². The molecular weight excluding hydrogens is 272 g/mol. The molecule has 0 radical (unpaired) electrons. The zero-order chi connectivity index (χ0) is 16.0. The fourth-order valence-electron chi connectivity index (χ4n) is 5.21. The van der Waals surface area contributed by atoms with Crippen LogP contribution < -0.4 is 0 Å².